The summed E-state index contributed by atoms with van der Waals surface area (Å²) in [5.74, 6) is 0.0628. The van der Waals surface area contributed by atoms with Gasteiger partial charge in [-0.3, -0.25) is 4.90 Å². The van der Waals surface area contributed by atoms with Crippen LogP contribution < -0.4 is 20.4 Å². The van der Waals surface area contributed by atoms with Crippen LogP contribution in [0.15, 0.2) is 36.4 Å². The molecule has 0 saturated carbocycles. The SMILES string of the molecule is FC(F)(F)c1cc(N2CCN(c3ccccc3)CC2)nc(NC(=S)NCCN2CCOCC2)n1. The number of rotatable bonds is 6. The van der Waals surface area contributed by atoms with Gasteiger partial charge in [-0.2, -0.15) is 18.2 Å². The maximum Gasteiger partial charge on any atom is 0.433 e. The Kier molecular flexibility index (Phi) is 8.01. The van der Waals surface area contributed by atoms with Crippen molar-refractivity contribution in [3.63, 3.8) is 0 Å². The van der Waals surface area contributed by atoms with Gasteiger partial charge in [0.05, 0.1) is 13.2 Å². The minimum Gasteiger partial charge on any atom is -0.379 e. The number of anilines is 3. The number of para-hydroxylation sites is 1. The number of alkyl halides is 3. The highest BCUT2D eigenvalue weighted by Gasteiger charge is 2.34. The van der Waals surface area contributed by atoms with Crippen molar-refractivity contribution < 1.29 is 17.9 Å². The zero-order chi connectivity index (χ0) is 24.0. The van der Waals surface area contributed by atoms with E-state index in [2.05, 4.69) is 30.4 Å². The fourth-order valence-electron chi connectivity index (χ4n) is 3.93. The molecule has 2 saturated heterocycles. The number of benzene rings is 1. The smallest absolute Gasteiger partial charge is 0.379 e. The van der Waals surface area contributed by atoms with E-state index < -0.39 is 11.9 Å². The Morgan fingerprint density at radius 1 is 0.971 bits per heavy atom. The summed E-state index contributed by atoms with van der Waals surface area (Å²) in [6.45, 7) is 6.85. The number of piperazine rings is 1. The van der Waals surface area contributed by atoms with Crippen LogP contribution in [0.3, 0.4) is 0 Å². The van der Waals surface area contributed by atoms with E-state index in [1.54, 1.807) is 0 Å². The molecule has 0 bridgehead atoms. The molecule has 0 unspecified atom stereocenters. The largest absolute Gasteiger partial charge is 0.433 e. The number of aromatic nitrogens is 2. The van der Waals surface area contributed by atoms with Gasteiger partial charge in [0.1, 0.15) is 5.82 Å². The first-order valence-corrected chi connectivity index (χ1v) is 11.7. The molecule has 0 spiro atoms. The molecular weight excluding hydrogens is 467 g/mol. The van der Waals surface area contributed by atoms with Gasteiger partial charge in [0.2, 0.25) is 5.95 Å². The summed E-state index contributed by atoms with van der Waals surface area (Å²) in [5.41, 5.74) is 0.0956. The van der Waals surface area contributed by atoms with E-state index in [0.29, 0.717) is 45.9 Å². The summed E-state index contributed by atoms with van der Waals surface area (Å²) >= 11 is 5.26. The van der Waals surface area contributed by atoms with Crippen LogP contribution in [0.4, 0.5) is 30.6 Å². The van der Waals surface area contributed by atoms with E-state index in [1.165, 1.54) is 0 Å². The van der Waals surface area contributed by atoms with Crippen molar-refractivity contribution in [2.75, 3.05) is 80.7 Å². The third-order valence-corrected chi connectivity index (χ3v) is 6.02. The molecule has 4 rings (SSSR count). The van der Waals surface area contributed by atoms with Gasteiger partial charge < -0.3 is 25.2 Å². The average molecular weight is 496 g/mol. The van der Waals surface area contributed by atoms with Gasteiger partial charge in [0, 0.05) is 64.1 Å². The molecule has 3 heterocycles. The molecule has 2 fully saturated rings. The van der Waals surface area contributed by atoms with E-state index in [1.807, 2.05) is 35.2 Å². The van der Waals surface area contributed by atoms with Gasteiger partial charge in [0.25, 0.3) is 0 Å². The standard InChI is InChI=1S/C22H28F3N7OS/c23-22(24,25)18-16-19(32-10-8-31(9-11-32)17-4-2-1-3-5-17)28-20(27-18)29-21(34)26-6-7-30-12-14-33-15-13-30/h1-5,16H,6-15H2,(H2,26,27,28,29,34). The Labute approximate surface area is 202 Å². The van der Waals surface area contributed by atoms with Gasteiger partial charge in [-0.25, -0.2) is 4.98 Å². The molecule has 0 radical (unpaired) electrons. The Balaban J connectivity index is 1.38. The molecule has 12 heteroatoms. The summed E-state index contributed by atoms with van der Waals surface area (Å²) in [6.07, 6.45) is -4.59. The molecule has 1 aromatic heterocycles. The predicted molar refractivity (Wildman–Crippen MR) is 129 cm³/mol. The second-order valence-electron chi connectivity index (χ2n) is 8.08. The third kappa shape index (κ3) is 6.67. The first kappa shape index (κ1) is 24.4. The molecule has 1 aromatic carbocycles. The summed E-state index contributed by atoms with van der Waals surface area (Å²) in [6, 6.07) is 10.9. The topological polar surface area (TPSA) is 68.8 Å². The molecule has 184 valence electrons. The predicted octanol–water partition coefficient (Wildman–Crippen LogP) is 2.44. The minimum absolute atomic E-state index is 0.167. The molecule has 2 aliphatic heterocycles. The molecular formula is C22H28F3N7OS. The normalized spacial score (nSPS) is 17.5. The first-order chi connectivity index (χ1) is 16.4. The molecule has 2 aliphatic rings. The Morgan fingerprint density at radius 3 is 2.32 bits per heavy atom. The summed E-state index contributed by atoms with van der Waals surface area (Å²) in [4.78, 5) is 14.3. The molecule has 8 nitrogen and oxygen atoms in total. The third-order valence-electron chi connectivity index (χ3n) is 5.77. The van der Waals surface area contributed by atoms with Gasteiger partial charge in [-0.05, 0) is 24.4 Å². The minimum atomic E-state index is -4.59. The Hall–Kier alpha value is -2.70. The van der Waals surface area contributed by atoms with Gasteiger partial charge in [-0.15, -0.1) is 0 Å². The fourth-order valence-corrected chi connectivity index (χ4v) is 4.12. The lowest BCUT2D eigenvalue weighted by Crippen LogP contribution is -2.47. The number of morpholine rings is 1. The summed E-state index contributed by atoms with van der Waals surface area (Å²) in [7, 11) is 0. The Morgan fingerprint density at radius 2 is 1.65 bits per heavy atom. The zero-order valence-corrected chi connectivity index (χ0v) is 19.5. The number of thiocarbonyl (C=S) groups is 1. The number of hydrogen-bond acceptors (Lipinski definition) is 7. The van der Waals surface area contributed by atoms with Crippen LogP contribution >= 0.6 is 12.2 Å². The average Bonchev–Trinajstić information content (AvgIpc) is 2.84. The van der Waals surface area contributed by atoms with Crippen molar-refractivity contribution in [1.82, 2.24) is 20.2 Å². The van der Waals surface area contributed by atoms with Crippen LogP contribution in [0.25, 0.3) is 0 Å². The molecule has 0 aliphatic carbocycles. The van der Waals surface area contributed by atoms with Crippen molar-refractivity contribution in [2.24, 2.45) is 0 Å². The van der Waals surface area contributed by atoms with Gasteiger partial charge in [0.15, 0.2) is 10.8 Å². The Bertz CT molecular complexity index is 949. The molecule has 0 atom stereocenters. The molecule has 2 N–H and O–H groups in total. The van der Waals surface area contributed by atoms with Crippen molar-refractivity contribution in [3.05, 3.63) is 42.1 Å². The second kappa shape index (κ2) is 11.2. The number of hydrogen-bond donors (Lipinski definition) is 2. The van der Waals surface area contributed by atoms with Crippen LogP contribution in [0.5, 0.6) is 0 Å². The quantitative estimate of drug-likeness (QED) is 0.588. The maximum atomic E-state index is 13.5. The van der Waals surface area contributed by atoms with Crippen LogP contribution in [0.2, 0.25) is 0 Å². The highest BCUT2D eigenvalue weighted by Crippen LogP contribution is 2.31. The summed E-state index contributed by atoms with van der Waals surface area (Å²) < 4.78 is 45.9. The highest BCUT2D eigenvalue weighted by atomic mass is 32.1. The van der Waals surface area contributed by atoms with Crippen molar-refractivity contribution in [1.29, 1.82) is 0 Å². The highest BCUT2D eigenvalue weighted by molar-refractivity contribution is 7.80. The zero-order valence-electron chi connectivity index (χ0n) is 18.7. The lowest BCUT2D eigenvalue weighted by molar-refractivity contribution is -0.141. The van der Waals surface area contributed by atoms with E-state index in [9.17, 15) is 13.2 Å². The second-order valence-corrected chi connectivity index (χ2v) is 8.49. The summed E-state index contributed by atoms with van der Waals surface area (Å²) in [5, 5.41) is 5.93. The van der Waals surface area contributed by atoms with E-state index >= 15 is 0 Å². The van der Waals surface area contributed by atoms with E-state index in [0.717, 1.165) is 31.4 Å². The number of nitrogens with zero attached hydrogens (tertiary/aromatic N) is 5. The fraction of sp³-hybridized carbons (Fsp3) is 0.500. The molecule has 0 amide bonds. The monoisotopic (exact) mass is 495 g/mol. The molecule has 34 heavy (non-hydrogen) atoms. The number of halogens is 3. The molecule has 2 aromatic rings. The van der Waals surface area contributed by atoms with Crippen molar-refractivity contribution >= 4 is 34.8 Å². The van der Waals surface area contributed by atoms with Crippen molar-refractivity contribution in [2.45, 2.75) is 6.18 Å². The maximum absolute atomic E-state index is 13.5. The van der Waals surface area contributed by atoms with Crippen LogP contribution in [-0.2, 0) is 10.9 Å². The van der Waals surface area contributed by atoms with Crippen LogP contribution in [-0.4, -0.2) is 85.6 Å². The number of ether oxygens (including phenoxy) is 1. The van der Waals surface area contributed by atoms with Crippen LogP contribution in [0.1, 0.15) is 5.69 Å². The first-order valence-electron chi connectivity index (χ1n) is 11.2. The van der Waals surface area contributed by atoms with Crippen molar-refractivity contribution in [3.8, 4) is 0 Å². The van der Waals surface area contributed by atoms with Gasteiger partial charge >= 0.3 is 6.18 Å². The lowest BCUT2D eigenvalue weighted by atomic mass is 10.2. The number of nitrogens with one attached hydrogen (secondary N) is 2. The lowest BCUT2D eigenvalue weighted by Gasteiger charge is -2.37. The van der Waals surface area contributed by atoms with Crippen LogP contribution in [0, 0.1) is 0 Å². The van der Waals surface area contributed by atoms with E-state index in [-0.39, 0.29) is 16.9 Å². The van der Waals surface area contributed by atoms with Gasteiger partial charge in [-0.1, -0.05) is 18.2 Å². The van der Waals surface area contributed by atoms with E-state index in [4.69, 9.17) is 17.0 Å².